The van der Waals surface area contributed by atoms with Gasteiger partial charge in [-0.15, -0.1) is 0 Å². The van der Waals surface area contributed by atoms with Crippen LogP contribution < -0.4 is 24.8 Å². The molecule has 6 rings (SSSR count). The summed E-state index contributed by atoms with van der Waals surface area (Å²) in [6.45, 7) is 2.83. The fraction of sp³-hybridized carbons (Fsp3) is 0.483. The van der Waals surface area contributed by atoms with Gasteiger partial charge in [-0.3, -0.25) is 4.79 Å². The molecular weight excluding hydrogens is 498 g/mol. The van der Waals surface area contributed by atoms with Crippen molar-refractivity contribution in [2.24, 2.45) is 7.05 Å². The number of aryl methyl sites for hydroxylation is 1. The summed E-state index contributed by atoms with van der Waals surface area (Å²) in [6.07, 6.45) is 3.89. The number of nitriles is 1. The average Bonchev–Trinajstić information content (AvgIpc) is 3.46. The summed E-state index contributed by atoms with van der Waals surface area (Å²) in [7, 11) is 3.77. The van der Waals surface area contributed by atoms with Crippen LogP contribution in [0.1, 0.15) is 31.4 Å². The van der Waals surface area contributed by atoms with Gasteiger partial charge in [-0.1, -0.05) is 0 Å². The lowest BCUT2D eigenvalue weighted by Gasteiger charge is -2.42. The number of hydrogen-bond acceptors (Lipinski definition) is 9. The maximum atomic E-state index is 12.8. The Morgan fingerprint density at radius 1 is 1.05 bits per heavy atom. The van der Waals surface area contributed by atoms with E-state index in [0.717, 1.165) is 60.6 Å². The van der Waals surface area contributed by atoms with Crippen LogP contribution in [0, 0.1) is 11.3 Å². The molecule has 1 atom stereocenters. The second-order valence-corrected chi connectivity index (χ2v) is 10.4. The van der Waals surface area contributed by atoms with Crippen LogP contribution >= 0.6 is 0 Å². The lowest BCUT2D eigenvalue weighted by molar-refractivity contribution is -0.0846. The highest BCUT2D eigenvalue weighted by atomic mass is 16.7. The molecule has 0 N–H and O–H groups in total. The summed E-state index contributed by atoms with van der Waals surface area (Å²) < 4.78 is 24.5. The molecule has 4 heterocycles. The van der Waals surface area contributed by atoms with Crippen molar-refractivity contribution in [1.82, 2.24) is 9.55 Å². The molecule has 39 heavy (non-hydrogen) atoms. The van der Waals surface area contributed by atoms with E-state index in [9.17, 15) is 10.1 Å². The minimum atomic E-state index is -0.0896. The largest absolute Gasteiger partial charge is 0.454 e. The Morgan fingerprint density at radius 2 is 1.85 bits per heavy atom. The van der Waals surface area contributed by atoms with E-state index in [4.69, 9.17) is 18.9 Å². The molecule has 1 saturated carbocycles. The molecule has 2 fully saturated rings. The molecule has 1 aliphatic carbocycles. The van der Waals surface area contributed by atoms with Gasteiger partial charge in [-0.05, 0) is 49.9 Å². The number of nitrogens with zero attached hydrogens (tertiary/aromatic N) is 5. The highest BCUT2D eigenvalue weighted by Crippen LogP contribution is 2.38. The van der Waals surface area contributed by atoms with Crippen molar-refractivity contribution < 1.29 is 18.9 Å². The van der Waals surface area contributed by atoms with Gasteiger partial charge in [0, 0.05) is 50.5 Å². The molecule has 2 aliphatic heterocycles. The van der Waals surface area contributed by atoms with Gasteiger partial charge in [0.05, 0.1) is 37.1 Å². The fourth-order valence-corrected chi connectivity index (χ4v) is 5.99. The number of hydrogen-bond donors (Lipinski definition) is 0. The predicted octanol–water partition coefficient (Wildman–Crippen LogP) is 3.20. The van der Waals surface area contributed by atoms with Gasteiger partial charge in [-0.25, -0.2) is 4.98 Å². The molecule has 0 radical (unpaired) electrons. The monoisotopic (exact) mass is 531 g/mol. The second-order valence-electron chi connectivity index (χ2n) is 10.4. The number of ether oxygens (including phenoxy) is 4. The van der Waals surface area contributed by atoms with Gasteiger partial charge >= 0.3 is 0 Å². The third-order valence-electron chi connectivity index (χ3n) is 8.19. The van der Waals surface area contributed by atoms with E-state index >= 15 is 0 Å². The maximum absolute atomic E-state index is 12.8. The Hall–Kier alpha value is -3.81. The quantitative estimate of drug-likeness (QED) is 0.474. The number of aromatic nitrogens is 2. The molecule has 10 nitrogen and oxygen atoms in total. The van der Waals surface area contributed by atoms with Gasteiger partial charge < -0.3 is 33.3 Å². The van der Waals surface area contributed by atoms with Crippen LogP contribution in [0.2, 0.25) is 0 Å². The first-order valence-electron chi connectivity index (χ1n) is 13.5. The Kier molecular flexibility index (Phi) is 7.02. The lowest BCUT2D eigenvalue weighted by Crippen LogP contribution is -2.48. The molecule has 3 aliphatic rings. The minimum absolute atomic E-state index is 0.0110. The Balaban J connectivity index is 1.23. The molecule has 0 spiro atoms. The molecule has 1 saturated heterocycles. The van der Waals surface area contributed by atoms with Gasteiger partial charge in [0.1, 0.15) is 17.3 Å². The number of rotatable bonds is 6. The van der Waals surface area contributed by atoms with E-state index in [1.165, 1.54) is 0 Å². The summed E-state index contributed by atoms with van der Waals surface area (Å²) in [6, 6.07) is 13.9. The van der Waals surface area contributed by atoms with Crippen molar-refractivity contribution in [1.29, 1.82) is 5.26 Å². The van der Waals surface area contributed by atoms with Crippen LogP contribution in [0.3, 0.4) is 0 Å². The van der Waals surface area contributed by atoms with Crippen molar-refractivity contribution in [2.75, 3.05) is 50.0 Å². The van der Waals surface area contributed by atoms with Gasteiger partial charge in [0.2, 0.25) is 6.79 Å². The molecule has 1 unspecified atom stereocenters. The molecule has 0 bridgehead atoms. The zero-order chi connectivity index (χ0) is 26.9. The molecule has 204 valence electrons. The molecule has 0 amide bonds. The van der Waals surface area contributed by atoms with Crippen molar-refractivity contribution in [2.45, 2.75) is 43.9 Å². The number of anilines is 2. The Labute approximate surface area is 227 Å². The number of fused-ring (bicyclic) bond motifs is 2. The SMILES string of the molecule is CN(c1cc(=O)n(C)c2ccc(C#N)nc12)C1CCC(N(CC2COCCO2)c2ccc3c(c2)OCO3)CC1. The average molecular weight is 532 g/mol. The van der Waals surface area contributed by atoms with Gasteiger partial charge in [0.25, 0.3) is 5.56 Å². The first kappa shape index (κ1) is 25.5. The first-order valence-corrected chi connectivity index (χ1v) is 13.5. The van der Waals surface area contributed by atoms with Crippen LogP contribution in [0.25, 0.3) is 11.0 Å². The second kappa shape index (κ2) is 10.8. The third kappa shape index (κ3) is 5.00. The molecule has 1 aromatic carbocycles. The van der Waals surface area contributed by atoms with Gasteiger partial charge in [0.15, 0.2) is 11.5 Å². The van der Waals surface area contributed by atoms with Crippen molar-refractivity contribution in [3.63, 3.8) is 0 Å². The first-order chi connectivity index (χ1) is 19.0. The zero-order valence-corrected chi connectivity index (χ0v) is 22.3. The maximum Gasteiger partial charge on any atom is 0.252 e. The summed E-state index contributed by atoms with van der Waals surface area (Å²) in [5.74, 6) is 1.55. The van der Waals surface area contributed by atoms with Gasteiger partial charge in [-0.2, -0.15) is 5.26 Å². The highest BCUT2D eigenvalue weighted by Gasteiger charge is 2.32. The predicted molar refractivity (Wildman–Crippen MR) is 147 cm³/mol. The highest BCUT2D eigenvalue weighted by molar-refractivity contribution is 5.88. The summed E-state index contributed by atoms with van der Waals surface area (Å²) >= 11 is 0. The summed E-state index contributed by atoms with van der Waals surface area (Å²) in [5, 5.41) is 9.41. The van der Waals surface area contributed by atoms with Crippen molar-refractivity contribution in [3.05, 3.63) is 52.4 Å². The standard InChI is InChI=1S/C29H33N5O5/c1-32(25-14-28(35)33(2)24-9-3-19(15-30)31-29(24)25)20-4-6-21(7-5-20)34(16-23-17-36-11-12-37-23)22-8-10-26-27(13-22)39-18-38-26/h3,8-10,13-14,20-21,23H,4-7,11-12,16-18H2,1-2H3. The van der Waals surface area contributed by atoms with E-state index in [1.807, 2.05) is 13.1 Å². The fourth-order valence-electron chi connectivity index (χ4n) is 5.99. The van der Waals surface area contributed by atoms with Crippen LogP contribution in [0.15, 0.2) is 41.2 Å². The molecular formula is C29H33N5O5. The lowest BCUT2D eigenvalue weighted by atomic mass is 9.88. The van der Waals surface area contributed by atoms with Crippen LogP contribution in [-0.2, 0) is 16.5 Å². The molecule has 10 heteroatoms. The molecule has 3 aromatic rings. The Bertz CT molecular complexity index is 1450. The zero-order valence-electron chi connectivity index (χ0n) is 22.3. The molecule has 2 aromatic heterocycles. The van der Waals surface area contributed by atoms with Crippen LogP contribution in [0.5, 0.6) is 11.5 Å². The topological polar surface area (TPSA) is 102 Å². The Morgan fingerprint density at radius 3 is 2.62 bits per heavy atom. The van der Waals surface area contributed by atoms with Crippen LogP contribution in [-0.4, -0.2) is 67.9 Å². The minimum Gasteiger partial charge on any atom is -0.454 e. The number of pyridine rings is 2. The smallest absolute Gasteiger partial charge is 0.252 e. The van der Waals surface area contributed by atoms with E-state index < -0.39 is 0 Å². The number of benzene rings is 1. The third-order valence-corrected chi connectivity index (χ3v) is 8.19. The summed E-state index contributed by atoms with van der Waals surface area (Å²) in [5.41, 5.74) is 3.52. The van der Waals surface area contributed by atoms with Crippen molar-refractivity contribution in [3.8, 4) is 17.6 Å². The van der Waals surface area contributed by atoms with E-state index in [-0.39, 0.29) is 24.5 Å². The normalized spacial score (nSPS) is 22.4. The van der Waals surface area contributed by atoms with Crippen LogP contribution in [0.4, 0.5) is 11.4 Å². The van der Waals surface area contributed by atoms with Crippen molar-refractivity contribution >= 4 is 22.4 Å². The van der Waals surface area contributed by atoms with E-state index in [2.05, 4.69) is 33.0 Å². The van der Waals surface area contributed by atoms with E-state index in [1.54, 1.807) is 29.8 Å². The summed E-state index contributed by atoms with van der Waals surface area (Å²) in [4.78, 5) is 21.9. The van der Waals surface area contributed by atoms with E-state index in [0.29, 0.717) is 37.1 Å².